The predicted octanol–water partition coefficient (Wildman–Crippen LogP) is 3.22. The zero-order valence-corrected chi connectivity index (χ0v) is 11.4. The molecule has 2 aromatic heterocycles. The van der Waals surface area contributed by atoms with Gasteiger partial charge in [0.05, 0.1) is 10.2 Å². The molecule has 0 bridgehead atoms. The van der Waals surface area contributed by atoms with Crippen molar-refractivity contribution in [2.45, 2.75) is 0 Å². The first-order valence-corrected chi connectivity index (χ1v) is 6.36. The number of hydrogen-bond donors (Lipinski definition) is 0. The number of aromatic nitrogens is 4. The molecule has 0 unspecified atom stereocenters. The van der Waals surface area contributed by atoms with Gasteiger partial charge in [-0.15, -0.1) is 0 Å². The Labute approximate surface area is 118 Å². The lowest BCUT2D eigenvalue weighted by Crippen LogP contribution is -1.95. The minimum atomic E-state index is 0.479. The van der Waals surface area contributed by atoms with E-state index < -0.39 is 0 Å². The fourth-order valence-corrected chi connectivity index (χ4v) is 1.90. The third kappa shape index (κ3) is 2.63. The Morgan fingerprint density at radius 3 is 2.95 bits per heavy atom. The minimum absolute atomic E-state index is 0.479. The lowest BCUT2D eigenvalue weighted by atomic mass is 10.3. The Balaban J connectivity index is 1.90. The van der Waals surface area contributed by atoms with Crippen LogP contribution in [0, 0.1) is 0 Å². The molecular weight excluding hydrogens is 308 g/mol. The van der Waals surface area contributed by atoms with Crippen LogP contribution in [0.3, 0.4) is 0 Å². The summed E-state index contributed by atoms with van der Waals surface area (Å²) in [6, 6.07) is 9.48. The Morgan fingerprint density at radius 1 is 1.21 bits per heavy atom. The van der Waals surface area contributed by atoms with E-state index in [0.29, 0.717) is 16.1 Å². The second-order valence-electron chi connectivity index (χ2n) is 3.73. The van der Waals surface area contributed by atoms with Crippen molar-refractivity contribution in [2.75, 3.05) is 0 Å². The number of hydrogen-bond acceptors (Lipinski definition) is 4. The van der Waals surface area contributed by atoms with Gasteiger partial charge < -0.3 is 4.74 Å². The maximum Gasteiger partial charge on any atom is 0.236 e. The molecule has 0 saturated carbocycles. The van der Waals surface area contributed by atoms with Gasteiger partial charge in [-0.1, -0.05) is 6.07 Å². The summed E-state index contributed by atoms with van der Waals surface area (Å²) in [5, 5.41) is 4.18. The summed E-state index contributed by atoms with van der Waals surface area (Å²) in [6.07, 6.45) is 6.69. The summed E-state index contributed by atoms with van der Waals surface area (Å²) < 4.78 is 8.18. The van der Waals surface area contributed by atoms with Crippen LogP contribution >= 0.6 is 15.9 Å². The molecule has 0 atom stereocenters. The van der Waals surface area contributed by atoms with Crippen molar-refractivity contribution in [2.24, 2.45) is 0 Å². The molecule has 0 aliphatic carbocycles. The van der Waals surface area contributed by atoms with E-state index in [1.165, 1.54) is 6.33 Å². The van der Waals surface area contributed by atoms with E-state index in [1.807, 2.05) is 36.5 Å². The fourth-order valence-electron chi connectivity index (χ4n) is 1.60. The van der Waals surface area contributed by atoms with Crippen molar-refractivity contribution in [1.29, 1.82) is 0 Å². The molecule has 5 nitrogen and oxygen atoms in total. The highest BCUT2D eigenvalue weighted by molar-refractivity contribution is 9.10. The largest absolute Gasteiger partial charge is 0.438 e. The number of nitrogens with zero attached hydrogens (tertiary/aromatic N) is 4. The van der Waals surface area contributed by atoms with Crippen LogP contribution in [0.4, 0.5) is 0 Å². The van der Waals surface area contributed by atoms with E-state index in [-0.39, 0.29) is 0 Å². The zero-order chi connectivity index (χ0) is 13.1. The molecule has 94 valence electrons. The van der Waals surface area contributed by atoms with Crippen LogP contribution in [0.2, 0.25) is 0 Å². The van der Waals surface area contributed by atoms with Gasteiger partial charge >= 0.3 is 0 Å². The van der Waals surface area contributed by atoms with E-state index in [9.17, 15) is 0 Å². The number of ether oxygens (including phenoxy) is 1. The molecule has 0 aliphatic heterocycles. The first kappa shape index (κ1) is 11.9. The Kier molecular flexibility index (Phi) is 3.24. The zero-order valence-electron chi connectivity index (χ0n) is 9.77. The molecule has 0 radical (unpaired) electrons. The lowest BCUT2D eigenvalue weighted by Gasteiger charge is -2.07. The SMILES string of the molecule is Brc1cncnc1Oc1cccc(-n2cccn2)c1. The van der Waals surface area contributed by atoms with Crippen molar-refractivity contribution in [3.63, 3.8) is 0 Å². The molecule has 0 N–H and O–H groups in total. The second kappa shape index (κ2) is 5.19. The highest BCUT2D eigenvalue weighted by atomic mass is 79.9. The maximum atomic E-state index is 5.71. The summed E-state index contributed by atoms with van der Waals surface area (Å²) in [7, 11) is 0. The van der Waals surface area contributed by atoms with Gasteiger partial charge in [-0.2, -0.15) is 5.10 Å². The quantitative estimate of drug-likeness (QED) is 0.744. The van der Waals surface area contributed by atoms with Crippen molar-refractivity contribution < 1.29 is 4.74 Å². The van der Waals surface area contributed by atoms with Gasteiger partial charge in [0, 0.05) is 24.7 Å². The van der Waals surface area contributed by atoms with Gasteiger partial charge in [-0.25, -0.2) is 14.6 Å². The Morgan fingerprint density at radius 2 is 2.16 bits per heavy atom. The van der Waals surface area contributed by atoms with E-state index in [4.69, 9.17) is 4.74 Å². The van der Waals surface area contributed by atoms with Gasteiger partial charge in [-0.3, -0.25) is 0 Å². The van der Waals surface area contributed by atoms with E-state index in [2.05, 4.69) is 31.0 Å². The molecule has 3 rings (SSSR count). The lowest BCUT2D eigenvalue weighted by molar-refractivity contribution is 0.457. The minimum Gasteiger partial charge on any atom is -0.438 e. The smallest absolute Gasteiger partial charge is 0.236 e. The molecule has 3 aromatic rings. The molecule has 0 amide bonds. The van der Waals surface area contributed by atoms with Crippen LogP contribution in [-0.4, -0.2) is 19.7 Å². The first-order chi connectivity index (χ1) is 9.33. The average molecular weight is 317 g/mol. The monoisotopic (exact) mass is 316 g/mol. The van der Waals surface area contributed by atoms with E-state index in [0.717, 1.165) is 5.69 Å². The van der Waals surface area contributed by atoms with E-state index >= 15 is 0 Å². The van der Waals surface area contributed by atoms with Crippen molar-refractivity contribution >= 4 is 15.9 Å². The standard InChI is InChI=1S/C13H9BrN4O/c14-12-8-15-9-16-13(12)19-11-4-1-3-10(7-11)18-6-2-5-17-18/h1-9H. The first-order valence-electron chi connectivity index (χ1n) is 5.56. The summed E-state index contributed by atoms with van der Waals surface area (Å²) in [6.45, 7) is 0. The topological polar surface area (TPSA) is 52.8 Å². The predicted molar refractivity (Wildman–Crippen MR) is 73.4 cm³/mol. The van der Waals surface area contributed by atoms with Crippen LogP contribution in [-0.2, 0) is 0 Å². The van der Waals surface area contributed by atoms with Gasteiger partial charge in [0.2, 0.25) is 5.88 Å². The van der Waals surface area contributed by atoms with Crippen molar-refractivity contribution in [3.05, 3.63) is 59.7 Å². The van der Waals surface area contributed by atoms with Gasteiger partial charge in [0.1, 0.15) is 12.1 Å². The third-order valence-corrected chi connectivity index (χ3v) is 2.98. The summed E-state index contributed by atoms with van der Waals surface area (Å²) in [5.74, 6) is 1.17. The number of rotatable bonds is 3. The molecule has 6 heteroatoms. The molecule has 19 heavy (non-hydrogen) atoms. The highest BCUT2D eigenvalue weighted by Gasteiger charge is 2.05. The summed E-state index contributed by atoms with van der Waals surface area (Å²) in [4.78, 5) is 7.96. The second-order valence-corrected chi connectivity index (χ2v) is 4.58. The molecule has 0 fully saturated rings. The maximum absolute atomic E-state index is 5.71. The van der Waals surface area contributed by atoms with Crippen molar-refractivity contribution in [3.8, 4) is 17.3 Å². The number of halogens is 1. The van der Waals surface area contributed by atoms with Crippen LogP contribution < -0.4 is 4.74 Å². The van der Waals surface area contributed by atoms with Crippen molar-refractivity contribution in [1.82, 2.24) is 19.7 Å². The number of benzene rings is 1. The van der Waals surface area contributed by atoms with Gasteiger partial charge in [0.15, 0.2) is 0 Å². The van der Waals surface area contributed by atoms with Gasteiger partial charge in [0.25, 0.3) is 0 Å². The summed E-state index contributed by atoms with van der Waals surface area (Å²) in [5.41, 5.74) is 0.924. The summed E-state index contributed by atoms with van der Waals surface area (Å²) >= 11 is 3.34. The molecule has 0 spiro atoms. The highest BCUT2D eigenvalue weighted by Crippen LogP contribution is 2.27. The van der Waals surface area contributed by atoms with Crippen LogP contribution in [0.5, 0.6) is 11.6 Å². The van der Waals surface area contributed by atoms with Crippen LogP contribution in [0.15, 0.2) is 59.7 Å². The Bertz CT molecular complexity index is 685. The van der Waals surface area contributed by atoms with E-state index in [1.54, 1.807) is 17.1 Å². The normalized spacial score (nSPS) is 10.4. The molecule has 0 saturated heterocycles. The Hall–Kier alpha value is -2.21. The van der Waals surface area contributed by atoms with Gasteiger partial charge in [-0.05, 0) is 34.1 Å². The molecule has 1 aromatic carbocycles. The average Bonchev–Trinajstić information content (AvgIpc) is 2.96. The van der Waals surface area contributed by atoms with Crippen LogP contribution in [0.1, 0.15) is 0 Å². The third-order valence-electron chi connectivity index (χ3n) is 2.43. The molecule has 2 heterocycles. The fraction of sp³-hybridized carbons (Fsp3) is 0. The van der Waals surface area contributed by atoms with Crippen LogP contribution in [0.25, 0.3) is 5.69 Å². The molecule has 0 aliphatic rings. The molecular formula is C13H9BrN4O.